The number of piperidine rings is 1. The molecule has 1 fully saturated rings. The normalized spacial score (nSPS) is 18.8. The predicted molar refractivity (Wildman–Crippen MR) is 123 cm³/mol. The van der Waals surface area contributed by atoms with E-state index < -0.39 is 0 Å². The van der Waals surface area contributed by atoms with E-state index in [1.54, 1.807) is 24.3 Å². The van der Waals surface area contributed by atoms with Crippen LogP contribution in [-0.4, -0.2) is 35.4 Å². The lowest BCUT2D eigenvalue weighted by molar-refractivity contribution is -0.139. The third-order valence-corrected chi connectivity index (χ3v) is 6.15. The second kappa shape index (κ2) is 9.65. The summed E-state index contributed by atoms with van der Waals surface area (Å²) in [4.78, 5) is 27.2. The number of hydrogen-bond donors (Lipinski definition) is 1. The summed E-state index contributed by atoms with van der Waals surface area (Å²) in [6.07, 6.45) is 3.24. The number of nitrogens with zero attached hydrogens (tertiary/aromatic N) is 1. The number of nitrogens with one attached hydrogen (secondary N) is 1. The Balaban J connectivity index is 1.60. The van der Waals surface area contributed by atoms with Gasteiger partial charge in [-0.2, -0.15) is 0 Å². The molecule has 1 heterocycles. The summed E-state index contributed by atoms with van der Waals surface area (Å²) in [6, 6.07) is 11.3. The van der Waals surface area contributed by atoms with Crippen LogP contribution in [0.15, 0.2) is 40.9 Å². The predicted octanol–water partition coefficient (Wildman–Crippen LogP) is 5.49. The molecular formula is C24H29BrN2O3. The number of carbonyl (C=O) groups is 2. The highest BCUT2D eigenvalue weighted by atomic mass is 79.9. The number of benzene rings is 2. The van der Waals surface area contributed by atoms with E-state index in [2.05, 4.69) is 35.1 Å². The van der Waals surface area contributed by atoms with Crippen LogP contribution in [0.3, 0.4) is 0 Å². The zero-order valence-corrected chi connectivity index (χ0v) is 19.6. The summed E-state index contributed by atoms with van der Waals surface area (Å²) in [5, 5.41) is 2.98. The number of likely N-dealkylation sites (tertiary alicyclic amines) is 1. The molecule has 1 aliphatic rings. The number of anilines is 1. The van der Waals surface area contributed by atoms with Crippen LogP contribution in [-0.2, 0) is 4.79 Å². The average molecular weight is 473 g/mol. The molecule has 1 aliphatic heterocycles. The van der Waals surface area contributed by atoms with Crippen molar-refractivity contribution in [3.05, 3.63) is 57.6 Å². The maximum absolute atomic E-state index is 12.6. The molecule has 1 saturated heterocycles. The highest BCUT2D eigenvalue weighted by Gasteiger charge is 2.29. The van der Waals surface area contributed by atoms with Gasteiger partial charge in [-0.1, -0.05) is 15.9 Å². The number of ether oxygens (including phenoxy) is 1. The lowest BCUT2D eigenvalue weighted by Gasteiger charge is -2.38. The molecule has 30 heavy (non-hydrogen) atoms. The van der Waals surface area contributed by atoms with E-state index in [-0.39, 0.29) is 30.5 Å². The Hall–Kier alpha value is -2.34. The topological polar surface area (TPSA) is 58.6 Å². The minimum Gasteiger partial charge on any atom is -0.484 e. The van der Waals surface area contributed by atoms with Crippen molar-refractivity contribution in [3.8, 4) is 5.75 Å². The molecule has 0 bridgehead atoms. The van der Waals surface area contributed by atoms with Crippen LogP contribution in [0.2, 0.25) is 0 Å². The summed E-state index contributed by atoms with van der Waals surface area (Å²) < 4.78 is 6.68. The number of halogens is 1. The molecule has 5 nitrogen and oxygen atoms in total. The van der Waals surface area contributed by atoms with Gasteiger partial charge in [0, 0.05) is 27.8 Å². The first-order valence-corrected chi connectivity index (χ1v) is 11.2. The lowest BCUT2D eigenvalue weighted by Crippen LogP contribution is -2.49. The van der Waals surface area contributed by atoms with E-state index in [9.17, 15) is 9.59 Å². The molecule has 0 spiro atoms. The van der Waals surface area contributed by atoms with Crippen LogP contribution in [0, 0.1) is 13.8 Å². The van der Waals surface area contributed by atoms with Crippen LogP contribution >= 0.6 is 15.9 Å². The van der Waals surface area contributed by atoms with Crippen LogP contribution in [0.25, 0.3) is 0 Å². The fourth-order valence-corrected chi connectivity index (χ4v) is 4.82. The summed E-state index contributed by atoms with van der Waals surface area (Å²) in [7, 11) is 0. The van der Waals surface area contributed by atoms with Gasteiger partial charge in [-0.15, -0.1) is 0 Å². The van der Waals surface area contributed by atoms with E-state index >= 15 is 0 Å². The van der Waals surface area contributed by atoms with E-state index in [0.29, 0.717) is 11.3 Å². The van der Waals surface area contributed by atoms with Crippen LogP contribution in [0.1, 0.15) is 54.6 Å². The number of amides is 2. The average Bonchev–Trinajstić information content (AvgIpc) is 2.69. The quantitative estimate of drug-likeness (QED) is 0.625. The molecule has 2 unspecified atom stereocenters. The molecule has 0 aromatic heterocycles. The zero-order chi connectivity index (χ0) is 21.8. The molecular weight excluding hydrogens is 444 g/mol. The Morgan fingerprint density at radius 1 is 1.07 bits per heavy atom. The van der Waals surface area contributed by atoms with Gasteiger partial charge < -0.3 is 15.0 Å². The van der Waals surface area contributed by atoms with E-state index in [4.69, 9.17) is 4.74 Å². The highest BCUT2D eigenvalue weighted by Crippen LogP contribution is 2.26. The van der Waals surface area contributed by atoms with Gasteiger partial charge in [-0.25, -0.2) is 0 Å². The van der Waals surface area contributed by atoms with E-state index in [1.807, 2.05) is 30.9 Å². The molecule has 1 N–H and O–H groups in total. The Morgan fingerprint density at radius 2 is 1.63 bits per heavy atom. The summed E-state index contributed by atoms with van der Waals surface area (Å²) >= 11 is 3.47. The fourth-order valence-electron chi connectivity index (χ4n) is 4.13. The first-order chi connectivity index (χ1) is 14.3. The zero-order valence-electron chi connectivity index (χ0n) is 18.0. The molecule has 2 atom stereocenters. The van der Waals surface area contributed by atoms with Gasteiger partial charge in [0.25, 0.3) is 11.8 Å². The summed E-state index contributed by atoms with van der Waals surface area (Å²) in [6.45, 7) is 8.12. The Kier molecular flexibility index (Phi) is 7.19. The summed E-state index contributed by atoms with van der Waals surface area (Å²) in [5.41, 5.74) is 3.34. The molecule has 0 radical (unpaired) electrons. The van der Waals surface area contributed by atoms with Crippen molar-refractivity contribution >= 4 is 33.4 Å². The maximum Gasteiger partial charge on any atom is 0.260 e. The first-order valence-electron chi connectivity index (χ1n) is 10.4. The second-order valence-corrected chi connectivity index (χ2v) is 9.03. The Labute approximate surface area is 186 Å². The van der Waals surface area contributed by atoms with Crippen LogP contribution in [0.5, 0.6) is 5.75 Å². The van der Waals surface area contributed by atoms with Crippen molar-refractivity contribution in [1.82, 2.24) is 4.90 Å². The molecule has 2 aromatic carbocycles. The molecule has 0 saturated carbocycles. The Bertz CT molecular complexity index is 894. The van der Waals surface area contributed by atoms with Crippen molar-refractivity contribution in [3.63, 3.8) is 0 Å². The second-order valence-electron chi connectivity index (χ2n) is 8.11. The van der Waals surface area contributed by atoms with Crippen LogP contribution < -0.4 is 10.1 Å². The van der Waals surface area contributed by atoms with Gasteiger partial charge in [0.05, 0.1) is 0 Å². The van der Waals surface area contributed by atoms with Gasteiger partial charge in [0.15, 0.2) is 6.61 Å². The number of hydrogen-bond acceptors (Lipinski definition) is 3. The Morgan fingerprint density at radius 3 is 2.20 bits per heavy atom. The van der Waals surface area contributed by atoms with E-state index in [1.165, 1.54) is 0 Å². The maximum atomic E-state index is 12.6. The van der Waals surface area contributed by atoms with Crippen LogP contribution in [0.4, 0.5) is 5.69 Å². The smallest absolute Gasteiger partial charge is 0.260 e. The number of aryl methyl sites for hydroxylation is 2. The molecule has 6 heteroatoms. The first kappa shape index (κ1) is 22.3. The third-order valence-electron chi connectivity index (χ3n) is 5.70. The molecule has 160 valence electrons. The van der Waals surface area contributed by atoms with Crippen molar-refractivity contribution in [2.75, 3.05) is 11.9 Å². The monoisotopic (exact) mass is 472 g/mol. The number of carbonyl (C=O) groups excluding carboxylic acids is 2. The largest absolute Gasteiger partial charge is 0.484 e. The molecule has 3 rings (SSSR count). The van der Waals surface area contributed by atoms with Gasteiger partial charge >= 0.3 is 0 Å². The van der Waals surface area contributed by atoms with Gasteiger partial charge in [-0.05, 0) is 94.5 Å². The van der Waals surface area contributed by atoms with Crippen molar-refractivity contribution < 1.29 is 14.3 Å². The molecule has 0 aliphatic carbocycles. The SMILES string of the molecule is Cc1cc(Br)cc(C)c1NC(=O)c1ccc(OCC(=O)N2C(C)CCCC2C)cc1. The third kappa shape index (κ3) is 5.22. The van der Waals surface area contributed by atoms with Crippen molar-refractivity contribution in [2.24, 2.45) is 0 Å². The standard InChI is InChI=1S/C24H29BrN2O3/c1-15-12-20(25)13-16(2)23(15)26-24(29)19-8-10-21(11-9-19)30-14-22(28)27-17(3)6-5-7-18(27)4/h8-13,17-18H,5-7,14H2,1-4H3,(H,26,29). The van der Waals surface area contributed by atoms with E-state index in [0.717, 1.165) is 40.5 Å². The van der Waals surface area contributed by atoms with Gasteiger partial charge in [0.1, 0.15) is 5.75 Å². The number of rotatable bonds is 5. The molecule has 2 amide bonds. The minimum atomic E-state index is -0.179. The summed E-state index contributed by atoms with van der Waals surface area (Å²) in [5.74, 6) is 0.410. The van der Waals surface area contributed by atoms with Gasteiger partial charge in [0.2, 0.25) is 0 Å². The lowest BCUT2D eigenvalue weighted by atomic mass is 9.97. The minimum absolute atomic E-state index is 0.0114. The van der Waals surface area contributed by atoms with Crippen molar-refractivity contribution in [2.45, 2.75) is 59.0 Å². The van der Waals surface area contributed by atoms with Crippen molar-refractivity contribution in [1.29, 1.82) is 0 Å². The fraction of sp³-hybridized carbons (Fsp3) is 0.417. The molecule has 2 aromatic rings. The van der Waals surface area contributed by atoms with Gasteiger partial charge in [-0.3, -0.25) is 9.59 Å². The highest BCUT2D eigenvalue weighted by molar-refractivity contribution is 9.10.